The third-order valence-electron chi connectivity index (χ3n) is 4.19. The fraction of sp³-hybridized carbons (Fsp3) is 0.292. The fourth-order valence-electron chi connectivity index (χ4n) is 2.79. The molecule has 0 saturated heterocycles. The SMILES string of the molecule is CC(=O)Nc1ccc(/C=C/C(=O)N[C@@H](CC(C)C)C(=O)OCc2ccccc2)cc1. The van der Waals surface area contributed by atoms with Crippen LogP contribution < -0.4 is 10.6 Å². The molecule has 2 N–H and O–H groups in total. The Hall–Kier alpha value is -3.41. The van der Waals surface area contributed by atoms with Crippen molar-refractivity contribution in [3.8, 4) is 0 Å². The van der Waals surface area contributed by atoms with Crippen LogP contribution >= 0.6 is 0 Å². The van der Waals surface area contributed by atoms with Crippen LogP contribution in [0.5, 0.6) is 0 Å². The Labute approximate surface area is 177 Å². The molecule has 2 amide bonds. The van der Waals surface area contributed by atoms with E-state index >= 15 is 0 Å². The second-order valence-corrected chi connectivity index (χ2v) is 7.42. The van der Waals surface area contributed by atoms with Crippen LogP contribution in [0.4, 0.5) is 5.69 Å². The quantitative estimate of drug-likeness (QED) is 0.486. The van der Waals surface area contributed by atoms with E-state index in [1.165, 1.54) is 13.0 Å². The highest BCUT2D eigenvalue weighted by Crippen LogP contribution is 2.12. The largest absolute Gasteiger partial charge is 0.459 e. The van der Waals surface area contributed by atoms with E-state index in [-0.39, 0.29) is 24.3 Å². The first-order chi connectivity index (χ1) is 14.3. The first kappa shape index (κ1) is 22.9. The van der Waals surface area contributed by atoms with Crippen molar-refractivity contribution in [1.29, 1.82) is 0 Å². The number of hydrogen-bond acceptors (Lipinski definition) is 4. The Balaban J connectivity index is 1.94. The van der Waals surface area contributed by atoms with Crippen LogP contribution in [-0.4, -0.2) is 23.8 Å². The number of esters is 1. The Morgan fingerprint density at radius 3 is 2.27 bits per heavy atom. The second-order valence-electron chi connectivity index (χ2n) is 7.42. The summed E-state index contributed by atoms with van der Waals surface area (Å²) in [5, 5.41) is 5.42. The molecule has 0 radical (unpaired) electrons. The number of amides is 2. The number of rotatable bonds is 9. The van der Waals surface area contributed by atoms with Crippen LogP contribution in [0.15, 0.2) is 60.7 Å². The summed E-state index contributed by atoms with van der Waals surface area (Å²) in [7, 11) is 0. The molecule has 0 spiro atoms. The molecule has 0 fully saturated rings. The lowest BCUT2D eigenvalue weighted by Gasteiger charge is -2.18. The second kappa shape index (κ2) is 11.6. The fourth-order valence-corrected chi connectivity index (χ4v) is 2.79. The zero-order valence-corrected chi connectivity index (χ0v) is 17.6. The molecule has 6 heteroatoms. The topological polar surface area (TPSA) is 84.5 Å². The normalized spacial score (nSPS) is 11.9. The van der Waals surface area contributed by atoms with Crippen LogP contribution in [0.2, 0.25) is 0 Å². The van der Waals surface area contributed by atoms with Crippen LogP contribution in [0.3, 0.4) is 0 Å². The van der Waals surface area contributed by atoms with Gasteiger partial charge < -0.3 is 15.4 Å². The van der Waals surface area contributed by atoms with Crippen LogP contribution in [0.25, 0.3) is 6.08 Å². The maximum absolute atomic E-state index is 12.5. The van der Waals surface area contributed by atoms with Gasteiger partial charge in [-0.1, -0.05) is 56.3 Å². The maximum atomic E-state index is 12.5. The molecule has 0 aliphatic carbocycles. The lowest BCUT2D eigenvalue weighted by Crippen LogP contribution is -2.42. The number of ether oxygens (including phenoxy) is 1. The average Bonchev–Trinajstić information content (AvgIpc) is 2.71. The summed E-state index contributed by atoms with van der Waals surface area (Å²) >= 11 is 0. The molecule has 0 unspecified atom stereocenters. The smallest absolute Gasteiger partial charge is 0.328 e. The number of carbonyl (C=O) groups excluding carboxylic acids is 3. The van der Waals surface area contributed by atoms with E-state index in [1.54, 1.807) is 30.3 Å². The summed E-state index contributed by atoms with van der Waals surface area (Å²) in [5.41, 5.74) is 2.37. The zero-order chi connectivity index (χ0) is 21.9. The molecule has 0 bridgehead atoms. The van der Waals surface area contributed by atoms with Crippen molar-refractivity contribution in [2.24, 2.45) is 5.92 Å². The highest BCUT2D eigenvalue weighted by atomic mass is 16.5. The molecule has 0 aliphatic heterocycles. The van der Waals surface area contributed by atoms with Gasteiger partial charge in [0.05, 0.1) is 0 Å². The van der Waals surface area contributed by atoms with Crippen molar-refractivity contribution in [1.82, 2.24) is 5.32 Å². The Bertz CT molecular complexity index is 874. The zero-order valence-electron chi connectivity index (χ0n) is 17.6. The molecule has 158 valence electrons. The third kappa shape index (κ3) is 8.31. The van der Waals surface area contributed by atoms with Gasteiger partial charge in [-0.25, -0.2) is 4.79 Å². The van der Waals surface area contributed by atoms with Crippen molar-refractivity contribution in [2.75, 3.05) is 5.32 Å². The van der Waals surface area contributed by atoms with Gasteiger partial charge in [0.1, 0.15) is 12.6 Å². The minimum atomic E-state index is -0.715. The molecule has 6 nitrogen and oxygen atoms in total. The molecular formula is C24H28N2O4. The number of hydrogen-bond donors (Lipinski definition) is 2. The molecule has 2 rings (SSSR count). The average molecular weight is 408 g/mol. The van der Waals surface area contributed by atoms with Gasteiger partial charge in [0.2, 0.25) is 11.8 Å². The molecule has 0 aliphatic rings. The van der Waals surface area contributed by atoms with Crippen LogP contribution in [-0.2, 0) is 25.7 Å². The number of benzene rings is 2. The van der Waals surface area contributed by atoms with Crippen molar-refractivity contribution >= 4 is 29.5 Å². The van der Waals surface area contributed by atoms with E-state index in [1.807, 2.05) is 44.2 Å². The van der Waals surface area contributed by atoms with Crippen LogP contribution in [0.1, 0.15) is 38.3 Å². The summed E-state index contributed by atoms with van der Waals surface area (Å²) in [5.74, 6) is -0.755. The monoisotopic (exact) mass is 408 g/mol. The third-order valence-corrected chi connectivity index (χ3v) is 4.19. The molecular weight excluding hydrogens is 380 g/mol. The maximum Gasteiger partial charge on any atom is 0.328 e. The number of carbonyl (C=O) groups is 3. The van der Waals surface area contributed by atoms with Gasteiger partial charge >= 0.3 is 5.97 Å². The molecule has 0 heterocycles. The summed E-state index contributed by atoms with van der Waals surface area (Å²) in [6.45, 7) is 5.57. The van der Waals surface area contributed by atoms with Gasteiger partial charge in [0.25, 0.3) is 0 Å². The van der Waals surface area contributed by atoms with Gasteiger partial charge in [-0.05, 0) is 41.7 Å². The molecule has 2 aromatic rings. The molecule has 1 atom stereocenters. The van der Waals surface area contributed by atoms with Gasteiger partial charge in [-0.2, -0.15) is 0 Å². The molecule has 0 saturated carbocycles. The van der Waals surface area contributed by atoms with E-state index in [9.17, 15) is 14.4 Å². The van der Waals surface area contributed by atoms with Crippen molar-refractivity contribution in [3.05, 3.63) is 71.8 Å². The van der Waals surface area contributed by atoms with Gasteiger partial charge in [-0.15, -0.1) is 0 Å². The van der Waals surface area contributed by atoms with Gasteiger partial charge in [-0.3, -0.25) is 9.59 Å². The van der Waals surface area contributed by atoms with Crippen molar-refractivity contribution in [2.45, 2.75) is 39.8 Å². The number of anilines is 1. The summed E-state index contributed by atoms with van der Waals surface area (Å²) in [6, 6.07) is 15.8. The lowest BCUT2D eigenvalue weighted by molar-refractivity contribution is -0.149. The highest BCUT2D eigenvalue weighted by molar-refractivity contribution is 5.94. The predicted molar refractivity (Wildman–Crippen MR) is 117 cm³/mol. The molecule has 0 aromatic heterocycles. The predicted octanol–water partition coefficient (Wildman–Crippen LogP) is 3.93. The number of nitrogens with one attached hydrogen (secondary N) is 2. The lowest BCUT2D eigenvalue weighted by atomic mass is 10.0. The first-order valence-electron chi connectivity index (χ1n) is 9.90. The first-order valence-corrected chi connectivity index (χ1v) is 9.90. The highest BCUT2D eigenvalue weighted by Gasteiger charge is 2.22. The standard InChI is InChI=1S/C24H28N2O4/c1-17(2)15-22(24(29)30-16-20-7-5-4-6-8-20)26-23(28)14-11-19-9-12-21(13-10-19)25-18(3)27/h4-14,17,22H,15-16H2,1-3H3,(H,25,27)(H,26,28)/b14-11+/t22-/m0/s1. The summed E-state index contributed by atoms with van der Waals surface area (Å²) in [6.07, 6.45) is 3.51. The molecule has 30 heavy (non-hydrogen) atoms. The van der Waals surface area contributed by atoms with E-state index in [0.717, 1.165) is 11.1 Å². The van der Waals surface area contributed by atoms with Crippen LogP contribution in [0, 0.1) is 5.92 Å². The summed E-state index contributed by atoms with van der Waals surface area (Å²) < 4.78 is 5.39. The Morgan fingerprint density at radius 2 is 1.67 bits per heavy atom. The Kier molecular flexibility index (Phi) is 8.81. The Morgan fingerprint density at radius 1 is 1.00 bits per heavy atom. The van der Waals surface area contributed by atoms with E-state index < -0.39 is 12.0 Å². The van der Waals surface area contributed by atoms with Crippen molar-refractivity contribution in [3.63, 3.8) is 0 Å². The van der Waals surface area contributed by atoms with E-state index in [4.69, 9.17) is 4.74 Å². The van der Waals surface area contributed by atoms with E-state index in [0.29, 0.717) is 12.1 Å². The molecule has 2 aromatic carbocycles. The van der Waals surface area contributed by atoms with Gasteiger partial charge in [0.15, 0.2) is 0 Å². The minimum Gasteiger partial charge on any atom is -0.459 e. The summed E-state index contributed by atoms with van der Waals surface area (Å²) in [4.78, 5) is 35.9. The minimum absolute atomic E-state index is 0.145. The van der Waals surface area contributed by atoms with Gasteiger partial charge in [0, 0.05) is 18.7 Å². The van der Waals surface area contributed by atoms with Crippen molar-refractivity contribution < 1.29 is 19.1 Å². The van der Waals surface area contributed by atoms with E-state index in [2.05, 4.69) is 10.6 Å².